The second kappa shape index (κ2) is 7.75. The molecule has 0 aliphatic carbocycles. The van der Waals surface area contributed by atoms with Gasteiger partial charge < -0.3 is 19.1 Å². The van der Waals surface area contributed by atoms with Crippen LogP contribution < -0.4 is 10.2 Å². The summed E-state index contributed by atoms with van der Waals surface area (Å²) in [5, 5.41) is 2.67. The molecule has 2 aromatic heterocycles. The van der Waals surface area contributed by atoms with Gasteiger partial charge in [0.2, 0.25) is 11.8 Å². The van der Waals surface area contributed by atoms with Crippen LogP contribution in [-0.4, -0.2) is 18.4 Å². The van der Waals surface area contributed by atoms with E-state index in [1.54, 1.807) is 41.3 Å². The molecule has 4 rings (SSSR count). The topological polar surface area (TPSA) is 75.7 Å². The monoisotopic (exact) mass is 382 g/mol. The van der Waals surface area contributed by atoms with Crippen LogP contribution in [0, 0.1) is 0 Å². The Kier molecular flexibility index (Phi) is 5.02. The maximum Gasteiger partial charge on any atom is 0.240 e. The molecule has 3 heterocycles. The number of hydrogen-bond acceptors (Lipinski definition) is 5. The number of furan rings is 2. The third-order valence-electron chi connectivity index (χ3n) is 4.29. The second-order valence-electron chi connectivity index (χ2n) is 6.13. The Labute approximate surface area is 160 Å². The molecule has 1 aliphatic heterocycles. The number of thioether (sulfide) groups is 1. The Balaban J connectivity index is 1.53. The molecule has 0 radical (unpaired) electrons. The highest BCUT2D eigenvalue weighted by Crippen LogP contribution is 2.45. The van der Waals surface area contributed by atoms with Gasteiger partial charge in [-0.2, -0.15) is 0 Å². The van der Waals surface area contributed by atoms with Gasteiger partial charge in [-0.1, -0.05) is 12.1 Å². The first-order valence-corrected chi connectivity index (χ1v) is 9.47. The molecular weight excluding hydrogens is 364 g/mol. The van der Waals surface area contributed by atoms with Crippen LogP contribution in [-0.2, 0) is 16.1 Å². The van der Waals surface area contributed by atoms with E-state index in [1.165, 1.54) is 0 Å². The van der Waals surface area contributed by atoms with Crippen molar-refractivity contribution in [2.75, 3.05) is 11.4 Å². The lowest BCUT2D eigenvalue weighted by Crippen LogP contribution is -2.40. The van der Waals surface area contributed by atoms with Gasteiger partial charge in [-0.3, -0.25) is 9.59 Å². The lowest BCUT2D eigenvalue weighted by atomic mass is 10.2. The molecular formula is C20H18N2O4S. The van der Waals surface area contributed by atoms with Crippen molar-refractivity contribution in [2.24, 2.45) is 0 Å². The van der Waals surface area contributed by atoms with Crippen molar-refractivity contribution in [3.63, 3.8) is 0 Å². The molecule has 1 N–H and O–H groups in total. The molecule has 1 aromatic carbocycles. The number of para-hydroxylation sites is 1. The summed E-state index contributed by atoms with van der Waals surface area (Å²) in [5.41, 5.74) is 0.745. The number of anilines is 1. The summed E-state index contributed by atoms with van der Waals surface area (Å²) >= 11 is 1.58. The van der Waals surface area contributed by atoms with Crippen molar-refractivity contribution in [3.05, 3.63) is 72.6 Å². The number of hydrogen-bond donors (Lipinski definition) is 1. The molecule has 2 amide bonds. The molecule has 7 heteroatoms. The third kappa shape index (κ3) is 3.93. The van der Waals surface area contributed by atoms with Gasteiger partial charge in [0.05, 0.1) is 30.0 Å². The Morgan fingerprint density at radius 2 is 1.93 bits per heavy atom. The number of benzene rings is 1. The van der Waals surface area contributed by atoms with Crippen molar-refractivity contribution in [1.82, 2.24) is 5.32 Å². The number of nitrogens with one attached hydrogen (secondary N) is 1. The fraction of sp³-hybridized carbons (Fsp3) is 0.200. The molecule has 1 aliphatic rings. The van der Waals surface area contributed by atoms with E-state index in [0.29, 0.717) is 12.3 Å². The van der Waals surface area contributed by atoms with E-state index in [4.69, 9.17) is 8.83 Å². The number of carbonyl (C=O) groups is 2. The second-order valence-corrected chi connectivity index (χ2v) is 7.37. The number of carbonyl (C=O) groups excluding carboxylic acids is 2. The van der Waals surface area contributed by atoms with E-state index in [9.17, 15) is 9.59 Å². The van der Waals surface area contributed by atoms with E-state index in [0.717, 1.165) is 16.3 Å². The zero-order valence-electron chi connectivity index (χ0n) is 14.5. The van der Waals surface area contributed by atoms with Crippen LogP contribution in [0.15, 0.2) is 74.8 Å². The van der Waals surface area contributed by atoms with Crippen LogP contribution in [0.5, 0.6) is 0 Å². The number of fused-ring (bicyclic) bond motifs is 1. The summed E-state index contributed by atoms with van der Waals surface area (Å²) in [6.07, 6.45) is 3.43. The van der Waals surface area contributed by atoms with Gasteiger partial charge in [-0.05, 0) is 36.4 Å². The van der Waals surface area contributed by atoms with Crippen molar-refractivity contribution < 1.29 is 18.4 Å². The molecule has 6 nitrogen and oxygen atoms in total. The van der Waals surface area contributed by atoms with E-state index in [2.05, 4.69) is 5.32 Å². The molecule has 0 unspecified atom stereocenters. The van der Waals surface area contributed by atoms with Crippen LogP contribution >= 0.6 is 11.8 Å². The fourth-order valence-electron chi connectivity index (χ4n) is 2.98. The first kappa shape index (κ1) is 17.5. The molecule has 0 spiro atoms. The molecule has 27 heavy (non-hydrogen) atoms. The number of rotatable bonds is 5. The Morgan fingerprint density at radius 1 is 1.11 bits per heavy atom. The quantitative estimate of drug-likeness (QED) is 0.727. The van der Waals surface area contributed by atoms with Gasteiger partial charge in [0, 0.05) is 11.3 Å². The highest BCUT2D eigenvalue weighted by molar-refractivity contribution is 7.99. The van der Waals surface area contributed by atoms with Crippen molar-refractivity contribution in [1.29, 1.82) is 0 Å². The summed E-state index contributed by atoms with van der Waals surface area (Å²) in [4.78, 5) is 27.8. The smallest absolute Gasteiger partial charge is 0.240 e. The zero-order chi connectivity index (χ0) is 18.6. The summed E-state index contributed by atoms with van der Waals surface area (Å²) in [7, 11) is 0. The van der Waals surface area contributed by atoms with E-state index < -0.39 is 0 Å². The number of amides is 2. The Bertz CT molecular complexity index is 921. The predicted molar refractivity (Wildman–Crippen MR) is 101 cm³/mol. The van der Waals surface area contributed by atoms with Gasteiger partial charge in [0.15, 0.2) is 0 Å². The lowest BCUT2D eigenvalue weighted by Gasteiger charge is -2.22. The minimum atomic E-state index is -0.240. The predicted octanol–water partition coefficient (Wildman–Crippen LogP) is 3.76. The molecule has 0 saturated heterocycles. The highest BCUT2D eigenvalue weighted by Gasteiger charge is 2.31. The molecule has 1 atom stereocenters. The molecule has 3 aromatic rings. The van der Waals surface area contributed by atoms with Crippen molar-refractivity contribution >= 4 is 29.3 Å². The van der Waals surface area contributed by atoms with Crippen LogP contribution in [0.4, 0.5) is 5.69 Å². The van der Waals surface area contributed by atoms with Gasteiger partial charge in [-0.15, -0.1) is 11.8 Å². The first-order chi connectivity index (χ1) is 13.2. The van der Waals surface area contributed by atoms with E-state index in [-0.39, 0.29) is 30.0 Å². The summed E-state index contributed by atoms with van der Waals surface area (Å²) < 4.78 is 10.7. The third-order valence-corrected chi connectivity index (χ3v) is 5.57. The minimum absolute atomic E-state index is 0.0397. The summed E-state index contributed by atoms with van der Waals surface area (Å²) in [6.45, 7) is 0.251. The molecule has 138 valence electrons. The van der Waals surface area contributed by atoms with Crippen LogP contribution in [0.2, 0.25) is 0 Å². The number of nitrogens with zero attached hydrogens (tertiary/aromatic N) is 1. The SMILES string of the molecule is O=C(CN1C(=O)C[C@H](c2ccco2)Sc2ccccc21)NCc1ccco1. The van der Waals surface area contributed by atoms with Crippen molar-refractivity contribution in [2.45, 2.75) is 23.1 Å². The average molecular weight is 382 g/mol. The largest absolute Gasteiger partial charge is 0.468 e. The maximum atomic E-state index is 12.9. The summed E-state index contributed by atoms with van der Waals surface area (Å²) in [5.74, 6) is 1.07. The van der Waals surface area contributed by atoms with Crippen molar-refractivity contribution in [3.8, 4) is 0 Å². The van der Waals surface area contributed by atoms with Gasteiger partial charge >= 0.3 is 0 Å². The highest BCUT2D eigenvalue weighted by atomic mass is 32.2. The van der Waals surface area contributed by atoms with E-state index >= 15 is 0 Å². The normalized spacial score (nSPS) is 16.7. The molecule has 0 bridgehead atoms. The standard InChI is InChI=1S/C20H18N2O4S/c23-19(21-12-14-5-3-9-25-14)13-22-15-6-1-2-8-17(15)27-18(11-20(22)24)16-7-4-10-26-16/h1-10,18H,11-13H2,(H,21,23)/t18-/m1/s1. The minimum Gasteiger partial charge on any atom is -0.468 e. The Morgan fingerprint density at radius 3 is 2.70 bits per heavy atom. The van der Waals surface area contributed by atoms with Crippen LogP contribution in [0.3, 0.4) is 0 Å². The van der Waals surface area contributed by atoms with Gasteiger partial charge in [-0.25, -0.2) is 0 Å². The Hall–Kier alpha value is -2.93. The van der Waals surface area contributed by atoms with Crippen LogP contribution in [0.1, 0.15) is 23.2 Å². The molecule has 0 saturated carbocycles. The van der Waals surface area contributed by atoms with Crippen LogP contribution in [0.25, 0.3) is 0 Å². The van der Waals surface area contributed by atoms with E-state index in [1.807, 2.05) is 36.4 Å². The average Bonchev–Trinajstić information content (AvgIpc) is 3.36. The lowest BCUT2D eigenvalue weighted by molar-refractivity contribution is -0.124. The maximum absolute atomic E-state index is 12.9. The van der Waals surface area contributed by atoms with Gasteiger partial charge in [0.1, 0.15) is 18.1 Å². The zero-order valence-corrected chi connectivity index (χ0v) is 15.3. The molecule has 0 fully saturated rings. The fourth-order valence-corrected chi connectivity index (χ4v) is 4.22. The van der Waals surface area contributed by atoms with Gasteiger partial charge in [0.25, 0.3) is 0 Å². The summed E-state index contributed by atoms with van der Waals surface area (Å²) in [6, 6.07) is 14.9. The first-order valence-electron chi connectivity index (χ1n) is 8.59.